The molecule has 0 bridgehead atoms. The van der Waals surface area contributed by atoms with Gasteiger partial charge in [-0.2, -0.15) is 0 Å². The van der Waals surface area contributed by atoms with Crippen molar-refractivity contribution in [2.75, 3.05) is 0 Å². The average Bonchev–Trinajstić information content (AvgIpc) is 1.92. The summed E-state index contributed by atoms with van der Waals surface area (Å²) in [6.45, 7) is 6.14. The van der Waals surface area contributed by atoms with Crippen molar-refractivity contribution in [1.29, 1.82) is 0 Å². The van der Waals surface area contributed by atoms with E-state index in [1.54, 1.807) is 6.20 Å². The van der Waals surface area contributed by atoms with Crippen molar-refractivity contribution in [1.82, 2.24) is 9.97 Å². The van der Waals surface area contributed by atoms with Crippen molar-refractivity contribution in [3.05, 3.63) is 21.6 Å². The molecule has 4 heteroatoms. The van der Waals surface area contributed by atoms with E-state index in [-0.39, 0.29) is 5.41 Å². The number of halogens is 2. The largest absolute Gasteiger partial charge is 0.240 e. The first-order valence-electron chi connectivity index (χ1n) is 3.60. The molecule has 1 heterocycles. The maximum atomic E-state index is 5.82. The molecule has 0 amide bonds. The minimum absolute atomic E-state index is 0.0513. The van der Waals surface area contributed by atoms with Gasteiger partial charge in [-0.05, 0) is 15.9 Å². The van der Waals surface area contributed by atoms with Gasteiger partial charge in [-0.1, -0.05) is 32.4 Å². The molecule has 2 nitrogen and oxygen atoms in total. The lowest BCUT2D eigenvalue weighted by Crippen LogP contribution is -2.15. The van der Waals surface area contributed by atoms with Crippen molar-refractivity contribution in [2.45, 2.75) is 26.2 Å². The zero-order valence-corrected chi connectivity index (χ0v) is 9.57. The third-order valence-electron chi connectivity index (χ3n) is 1.37. The van der Waals surface area contributed by atoms with E-state index in [2.05, 4.69) is 25.9 Å². The van der Waals surface area contributed by atoms with Crippen molar-refractivity contribution in [3.8, 4) is 0 Å². The molecule has 66 valence electrons. The van der Waals surface area contributed by atoms with E-state index in [1.807, 2.05) is 20.8 Å². The van der Waals surface area contributed by atoms with Crippen LogP contribution < -0.4 is 0 Å². The smallest absolute Gasteiger partial charge is 0.146 e. The highest BCUT2D eigenvalue weighted by atomic mass is 79.9. The zero-order valence-electron chi connectivity index (χ0n) is 7.23. The fourth-order valence-corrected chi connectivity index (χ4v) is 1.03. The summed E-state index contributed by atoms with van der Waals surface area (Å²) in [4.78, 5) is 8.32. The monoisotopic (exact) mass is 248 g/mol. The summed E-state index contributed by atoms with van der Waals surface area (Å²) in [5, 5.41) is 0.468. The second-order valence-corrected chi connectivity index (χ2v) is 4.79. The molecule has 0 aliphatic heterocycles. The van der Waals surface area contributed by atoms with Gasteiger partial charge in [-0.25, -0.2) is 9.97 Å². The Kier molecular flexibility index (Phi) is 2.74. The quantitative estimate of drug-likeness (QED) is 0.660. The highest BCUT2D eigenvalue weighted by Gasteiger charge is 2.17. The van der Waals surface area contributed by atoms with E-state index in [1.165, 1.54) is 0 Å². The van der Waals surface area contributed by atoms with E-state index >= 15 is 0 Å². The summed E-state index contributed by atoms with van der Waals surface area (Å²) >= 11 is 9.06. The molecule has 12 heavy (non-hydrogen) atoms. The Bertz CT molecular complexity index is 294. The van der Waals surface area contributed by atoms with Crippen LogP contribution in [0.3, 0.4) is 0 Å². The van der Waals surface area contributed by atoms with E-state index in [0.29, 0.717) is 5.15 Å². The first kappa shape index (κ1) is 9.93. The van der Waals surface area contributed by atoms with Gasteiger partial charge in [0.15, 0.2) is 0 Å². The minimum Gasteiger partial charge on any atom is -0.240 e. The van der Waals surface area contributed by atoms with Crippen molar-refractivity contribution in [3.63, 3.8) is 0 Å². The fraction of sp³-hybridized carbons (Fsp3) is 0.500. The maximum absolute atomic E-state index is 5.82. The van der Waals surface area contributed by atoms with Crippen LogP contribution in [0.2, 0.25) is 5.15 Å². The molecule has 0 radical (unpaired) electrons. The topological polar surface area (TPSA) is 25.8 Å². The molecule has 0 saturated heterocycles. The lowest BCUT2D eigenvalue weighted by molar-refractivity contribution is 0.544. The number of aromatic nitrogens is 2. The molecule has 1 aromatic rings. The molecule has 0 unspecified atom stereocenters. The summed E-state index contributed by atoms with van der Waals surface area (Å²) in [5.74, 6) is 0.760. The lowest BCUT2D eigenvalue weighted by atomic mass is 9.96. The lowest BCUT2D eigenvalue weighted by Gasteiger charge is -2.15. The van der Waals surface area contributed by atoms with Crippen LogP contribution in [0.1, 0.15) is 26.6 Å². The van der Waals surface area contributed by atoms with E-state index in [4.69, 9.17) is 11.6 Å². The second kappa shape index (κ2) is 3.30. The Morgan fingerprint density at radius 1 is 1.42 bits per heavy atom. The minimum atomic E-state index is -0.0513. The van der Waals surface area contributed by atoms with Gasteiger partial charge in [0.1, 0.15) is 11.0 Å². The Morgan fingerprint density at radius 3 is 2.42 bits per heavy atom. The third kappa shape index (κ3) is 2.17. The summed E-state index contributed by atoms with van der Waals surface area (Å²) in [6.07, 6.45) is 1.68. The first-order chi connectivity index (χ1) is 5.41. The van der Waals surface area contributed by atoms with E-state index in [0.717, 1.165) is 10.3 Å². The Balaban J connectivity index is 3.14. The van der Waals surface area contributed by atoms with Gasteiger partial charge in [0.2, 0.25) is 0 Å². The fourth-order valence-electron chi connectivity index (χ4n) is 0.708. The standard InChI is InChI=1S/C8H10BrClN2/c1-8(2,3)7-11-4-5(9)6(10)12-7/h4H,1-3H3. The molecule has 1 aromatic heterocycles. The van der Waals surface area contributed by atoms with Crippen LogP contribution in [0.5, 0.6) is 0 Å². The van der Waals surface area contributed by atoms with Crippen LogP contribution in [0, 0.1) is 0 Å². The van der Waals surface area contributed by atoms with Crippen LogP contribution in [0.25, 0.3) is 0 Å². The van der Waals surface area contributed by atoms with E-state index < -0.39 is 0 Å². The predicted molar refractivity (Wildman–Crippen MR) is 53.4 cm³/mol. The van der Waals surface area contributed by atoms with Gasteiger partial charge >= 0.3 is 0 Å². The molecule has 0 aromatic carbocycles. The molecule has 0 atom stereocenters. The summed E-state index contributed by atoms with van der Waals surface area (Å²) in [5.41, 5.74) is -0.0513. The van der Waals surface area contributed by atoms with Gasteiger partial charge in [-0.15, -0.1) is 0 Å². The molecule has 0 saturated carbocycles. The van der Waals surface area contributed by atoms with E-state index in [9.17, 15) is 0 Å². The van der Waals surface area contributed by atoms with Crippen molar-refractivity contribution in [2.24, 2.45) is 0 Å². The predicted octanol–water partition coefficient (Wildman–Crippen LogP) is 3.19. The van der Waals surface area contributed by atoms with Gasteiger partial charge in [0.05, 0.1) is 4.47 Å². The van der Waals surface area contributed by atoms with Gasteiger partial charge in [0, 0.05) is 11.6 Å². The SMILES string of the molecule is CC(C)(C)c1ncc(Br)c(Cl)n1. The van der Waals surface area contributed by atoms with Crippen LogP contribution in [0.4, 0.5) is 0 Å². The normalized spacial score (nSPS) is 11.8. The Morgan fingerprint density at radius 2 is 2.00 bits per heavy atom. The molecule has 0 spiro atoms. The van der Waals surface area contributed by atoms with Crippen LogP contribution in [0.15, 0.2) is 10.7 Å². The Hall–Kier alpha value is -0.150. The average molecular weight is 250 g/mol. The number of hydrogen-bond acceptors (Lipinski definition) is 2. The summed E-state index contributed by atoms with van der Waals surface area (Å²) in [7, 11) is 0. The molecular weight excluding hydrogens is 239 g/mol. The van der Waals surface area contributed by atoms with Crippen LogP contribution >= 0.6 is 27.5 Å². The number of hydrogen-bond donors (Lipinski definition) is 0. The van der Waals surface area contributed by atoms with Gasteiger partial charge < -0.3 is 0 Å². The van der Waals surface area contributed by atoms with Gasteiger partial charge in [0.25, 0.3) is 0 Å². The first-order valence-corrected chi connectivity index (χ1v) is 4.77. The molecule has 0 N–H and O–H groups in total. The number of nitrogens with zero attached hydrogens (tertiary/aromatic N) is 2. The molecular formula is C8H10BrClN2. The summed E-state index contributed by atoms with van der Waals surface area (Å²) < 4.78 is 0.733. The molecule has 0 fully saturated rings. The molecule has 1 rings (SSSR count). The highest BCUT2D eigenvalue weighted by Crippen LogP contribution is 2.23. The molecule has 0 aliphatic carbocycles. The van der Waals surface area contributed by atoms with Crippen LogP contribution in [-0.2, 0) is 5.41 Å². The highest BCUT2D eigenvalue weighted by molar-refractivity contribution is 9.10. The second-order valence-electron chi connectivity index (χ2n) is 3.58. The maximum Gasteiger partial charge on any atom is 0.146 e. The van der Waals surface area contributed by atoms with Crippen LogP contribution in [-0.4, -0.2) is 9.97 Å². The van der Waals surface area contributed by atoms with Crippen molar-refractivity contribution < 1.29 is 0 Å². The zero-order chi connectivity index (χ0) is 9.35. The Labute approximate surface area is 85.5 Å². The summed E-state index contributed by atoms with van der Waals surface area (Å²) in [6, 6.07) is 0. The van der Waals surface area contributed by atoms with Gasteiger partial charge in [-0.3, -0.25) is 0 Å². The number of rotatable bonds is 0. The molecule has 0 aliphatic rings. The third-order valence-corrected chi connectivity index (χ3v) is 2.47. The van der Waals surface area contributed by atoms with Crippen molar-refractivity contribution >= 4 is 27.5 Å².